The zero-order valence-electron chi connectivity index (χ0n) is 22.4. The van der Waals surface area contributed by atoms with Crippen LogP contribution in [0.5, 0.6) is 0 Å². The summed E-state index contributed by atoms with van der Waals surface area (Å²) in [5.74, 6) is -2.44. The molecule has 10 nitrogen and oxygen atoms in total. The highest BCUT2D eigenvalue weighted by atomic mass is 19.1. The molecule has 2 aromatic heterocycles. The van der Waals surface area contributed by atoms with Gasteiger partial charge in [-0.05, 0) is 55.4 Å². The van der Waals surface area contributed by atoms with E-state index < -0.39 is 12.1 Å². The van der Waals surface area contributed by atoms with Crippen LogP contribution in [-0.4, -0.2) is 44.8 Å². The number of aryl methyl sites for hydroxylation is 1. The fourth-order valence-corrected chi connectivity index (χ4v) is 6.65. The summed E-state index contributed by atoms with van der Waals surface area (Å²) in [7, 11) is 0. The fourth-order valence-electron chi connectivity index (χ4n) is 6.65. The topological polar surface area (TPSA) is 137 Å². The molecule has 2 aliphatic carbocycles. The zero-order valence-corrected chi connectivity index (χ0v) is 22.4. The van der Waals surface area contributed by atoms with E-state index in [9.17, 15) is 28.7 Å². The van der Waals surface area contributed by atoms with Crippen molar-refractivity contribution >= 4 is 35.0 Å². The Morgan fingerprint density at radius 1 is 1.22 bits per heavy atom. The molecular formula is C30H26FN3O7. The van der Waals surface area contributed by atoms with E-state index >= 15 is 0 Å². The van der Waals surface area contributed by atoms with E-state index in [1.807, 2.05) is 0 Å². The minimum atomic E-state index is -1.58. The number of rotatable bonds is 3. The maximum atomic E-state index is 15.0. The highest BCUT2D eigenvalue weighted by molar-refractivity contribution is 5.97. The Morgan fingerprint density at radius 3 is 2.76 bits per heavy atom. The van der Waals surface area contributed by atoms with Crippen molar-refractivity contribution in [3.63, 3.8) is 0 Å². The number of hydrogen-bond acceptors (Lipinski definition) is 8. The number of carbonyl (C=O) groups is 3. The second-order valence-corrected chi connectivity index (χ2v) is 11.2. The van der Waals surface area contributed by atoms with Crippen LogP contribution in [-0.2, 0) is 43.4 Å². The number of cyclic esters (lactones) is 1. The highest BCUT2D eigenvalue weighted by Crippen LogP contribution is 2.45. The lowest BCUT2D eigenvalue weighted by Gasteiger charge is -2.32. The van der Waals surface area contributed by atoms with E-state index in [-0.39, 0.29) is 65.5 Å². The van der Waals surface area contributed by atoms with Crippen molar-refractivity contribution < 1.29 is 33.4 Å². The van der Waals surface area contributed by atoms with Crippen LogP contribution in [0, 0.1) is 18.7 Å². The van der Waals surface area contributed by atoms with Crippen LogP contribution in [0.25, 0.3) is 22.3 Å². The van der Waals surface area contributed by atoms with Crippen LogP contribution in [0.15, 0.2) is 21.9 Å². The van der Waals surface area contributed by atoms with E-state index in [1.54, 1.807) is 19.2 Å². The van der Waals surface area contributed by atoms with Gasteiger partial charge in [0.2, 0.25) is 5.91 Å². The number of aromatic nitrogens is 2. The summed E-state index contributed by atoms with van der Waals surface area (Å²) < 4.78 is 26.7. The molecule has 0 bridgehead atoms. The number of aliphatic hydroxyl groups is 1. The van der Waals surface area contributed by atoms with Crippen LogP contribution in [0.4, 0.5) is 4.39 Å². The minimum Gasteiger partial charge on any atom is -0.463 e. The van der Waals surface area contributed by atoms with Crippen LogP contribution in [0.1, 0.15) is 71.6 Å². The summed E-state index contributed by atoms with van der Waals surface area (Å²) in [5, 5.41) is 11.3. The summed E-state index contributed by atoms with van der Waals surface area (Å²) in [6, 6.07) is 2.98. The van der Waals surface area contributed by atoms with Crippen molar-refractivity contribution in [3.8, 4) is 11.4 Å². The van der Waals surface area contributed by atoms with E-state index in [4.69, 9.17) is 14.5 Å². The summed E-state index contributed by atoms with van der Waals surface area (Å²) in [6.45, 7) is 3.04. The number of aliphatic imine (C=N–C) groups is 1. The van der Waals surface area contributed by atoms with Crippen molar-refractivity contribution in [2.24, 2.45) is 10.9 Å². The molecule has 11 heteroatoms. The number of nitrogens with zero attached hydrogens (tertiary/aromatic N) is 3. The lowest BCUT2D eigenvalue weighted by Crippen LogP contribution is -2.36. The monoisotopic (exact) mass is 559 g/mol. The van der Waals surface area contributed by atoms with Gasteiger partial charge >= 0.3 is 11.9 Å². The maximum Gasteiger partial charge on any atom is 0.340 e. The van der Waals surface area contributed by atoms with Gasteiger partial charge in [-0.15, -0.1) is 0 Å². The number of fused-ring (bicyclic) bond motifs is 5. The first-order chi connectivity index (χ1) is 19.6. The summed E-state index contributed by atoms with van der Waals surface area (Å²) in [5.41, 5.74) is 4.37. The molecule has 0 radical (unpaired) electrons. The number of hydrogen-bond donors (Lipinski definition) is 1. The highest BCUT2D eigenvalue weighted by Gasteiger charge is 2.38. The molecule has 1 N–H and O–H groups in total. The van der Waals surface area contributed by atoms with E-state index in [0.717, 1.165) is 22.1 Å². The lowest BCUT2D eigenvalue weighted by atomic mass is 9.78. The molecule has 1 amide bonds. The Morgan fingerprint density at radius 2 is 2.00 bits per heavy atom. The van der Waals surface area contributed by atoms with Gasteiger partial charge in [0.25, 0.3) is 5.56 Å². The molecule has 210 valence electrons. The first-order valence-corrected chi connectivity index (χ1v) is 13.6. The third kappa shape index (κ3) is 3.86. The minimum absolute atomic E-state index is 0.188. The van der Waals surface area contributed by atoms with Gasteiger partial charge in [0.15, 0.2) is 6.10 Å². The normalized spacial score (nSPS) is 24.0. The quantitative estimate of drug-likeness (QED) is 0.299. The molecule has 2 aliphatic heterocycles. The van der Waals surface area contributed by atoms with Gasteiger partial charge in [0.1, 0.15) is 18.5 Å². The SMILES string of the molecule is CC(=O)OC1CC(C(=O)N=CC2CCc3c(C)c(F)cc4nc5c(c2c34)Cn2c-5cc3c(c2=O)COC(=O)[C@H]3O)C1. The number of halogens is 1. The van der Waals surface area contributed by atoms with Gasteiger partial charge < -0.3 is 19.1 Å². The second kappa shape index (κ2) is 9.13. The number of amides is 1. The number of esters is 2. The summed E-state index contributed by atoms with van der Waals surface area (Å²) >= 11 is 0. The van der Waals surface area contributed by atoms with Gasteiger partial charge in [0.05, 0.1) is 29.0 Å². The third-order valence-corrected chi connectivity index (χ3v) is 8.85. The predicted octanol–water partition coefficient (Wildman–Crippen LogP) is 2.93. The number of aliphatic hydroxyl groups excluding tert-OH is 1. The van der Waals surface area contributed by atoms with Gasteiger partial charge in [-0.25, -0.2) is 19.2 Å². The van der Waals surface area contributed by atoms with Gasteiger partial charge in [-0.2, -0.15) is 0 Å². The Hall–Kier alpha value is -4.25. The molecule has 4 heterocycles. The third-order valence-electron chi connectivity index (χ3n) is 8.85. The first kappa shape index (κ1) is 25.7. The van der Waals surface area contributed by atoms with E-state index in [0.29, 0.717) is 48.2 Å². The first-order valence-electron chi connectivity index (χ1n) is 13.6. The van der Waals surface area contributed by atoms with E-state index in [1.165, 1.54) is 17.6 Å². The number of ether oxygens (including phenoxy) is 2. The van der Waals surface area contributed by atoms with Gasteiger partial charge in [0, 0.05) is 47.6 Å². The smallest absolute Gasteiger partial charge is 0.340 e. The Bertz CT molecular complexity index is 1800. The summed E-state index contributed by atoms with van der Waals surface area (Å²) in [6.07, 6.45) is 1.85. The van der Waals surface area contributed by atoms with Crippen molar-refractivity contribution in [3.05, 3.63) is 61.7 Å². The molecule has 4 aliphatic rings. The molecular weight excluding hydrogens is 533 g/mol. The molecule has 1 unspecified atom stereocenters. The van der Waals surface area contributed by atoms with Crippen LogP contribution in [0.3, 0.4) is 0 Å². The maximum absolute atomic E-state index is 15.0. The van der Waals surface area contributed by atoms with Crippen molar-refractivity contribution in [1.29, 1.82) is 0 Å². The van der Waals surface area contributed by atoms with Crippen LogP contribution in [0.2, 0.25) is 0 Å². The molecule has 0 saturated heterocycles. The zero-order chi connectivity index (χ0) is 28.7. The summed E-state index contributed by atoms with van der Waals surface area (Å²) in [4.78, 5) is 58.6. The lowest BCUT2D eigenvalue weighted by molar-refractivity contribution is -0.157. The Labute approximate surface area is 232 Å². The Balaban J connectivity index is 1.33. The Kier molecular flexibility index (Phi) is 5.73. The fraction of sp³-hybridized carbons (Fsp3) is 0.400. The number of carbonyl (C=O) groups excluding carboxylic acids is 3. The average Bonchev–Trinajstić information content (AvgIpc) is 3.28. The largest absolute Gasteiger partial charge is 0.463 e. The molecule has 7 rings (SSSR count). The van der Waals surface area contributed by atoms with Crippen molar-refractivity contribution in [2.75, 3.05) is 0 Å². The molecule has 41 heavy (non-hydrogen) atoms. The van der Waals surface area contributed by atoms with Crippen molar-refractivity contribution in [2.45, 2.75) is 70.8 Å². The standard InChI is InChI=1S/C30H26FN3O7/c1-12-17-4-3-14(9-32-28(37)15-5-16(6-15)41-13(2)35)24-19-10-34-23(26(19)33-22(25(17)24)8-21(12)31)7-18-20(29(34)38)11-40-30(39)27(18)36/h7-9,14-16,27,36H,3-6,10-11H2,1-2H3/t14?,15?,16?,27-/m0/s1. The predicted molar refractivity (Wildman–Crippen MR) is 143 cm³/mol. The molecule has 2 atom stereocenters. The molecule has 1 aromatic carbocycles. The average molecular weight is 560 g/mol. The number of benzene rings is 1. The molecule has 1 fully saturated rings. The molecule has 0 spiro atoms. The van der Waals surface area contributed by atoms with E-state index in [2.05, 4.69) is 4.99 Å². The van der Waals surface area contributed by atoms with Gasteiger partial charge in [-0.3, -0.25) is 14.4 Å². The van der Waals surface area contributed by atoms with Crippen LogP contribution < -0.4 is 5.56 Å². The molecule has 1 saturated carbocycles. The van der Waals surface area contributed by atoms with Gasteiger partial charge in [-0.1, -0.05) is 0 Å². The van der Waals surface area contributed by atoms with Crippen LogP contribution >= 0.6 is 0 Å². The second-order valence-electron chi connectivity index (χ2n) is 11.2. The number of pyridine rings is 2. The molecule has 3 aromatic rings. The van der Waals surface area contributed by atoms with Crippen molar-refractivity contribution in [1.82, 2.24) is 9.55 Å².